The first-order chi connectivity index (χ1) is 13.6. The lowest BCUT2D eigenvalue weighted by molar-refractivity contribution is 0.0997. The van der Waals surface area contributed by atoms with Crippen molar-refractivity contribution < 1.29 is 13.9 Å². The van der Waals surface area contributed by atoms with Crippen LogP contribution in [-0.4, -0.2) is 32.2 Å². The van der Waals surface area contributed by atoms with Gasteiger partial charge in [-0.25, -0.2) is 0 Å². The number of amides is 1. The van der Waals surface area contributed by atoms with Crippen LogP contribution in [0.2, 0.25) is 10.0 Å². The summed E-state index contributed by atoms with van der Waals surface area (Å²) < 4.78 is 11.1. The molecule has 0 unspecified atom stereocenters. The minimum absolute atomic E-state index is 0.211. The van der Waals surface area contributed by atoms with E-state index in [4.69, 9.17) is 32.4 Å². The number of halogens is 2. The van der Waals surface area contributed by atoms with Crippen molar-refractivity contribution in [2.75, 3.05) is 36.5 Å². The zero-order chi connectivity index (χ0) is 19.5. The van der Waals surface area contributed by atoms with Crippen molar-refractivity contribution in [1.82, 2.24) is 0 Å². The summed E-state index contributed by atoms with van der Waals surface area (Å²) in [6.07, 6.45) is 0. The van der Waals surface area contributed by atoms with Crippen LogP contribution in [0.5, 0.6) is 0 Å². The summed E-state index contributed by atoms with van der Waals surface area (Å²) in [7, 11) is 0. The van der Waals surface area contributed by atoms with Gasteiger partial charge in [0.2, 0.25) is 0 Å². The normalized spacial score (nSPS) is 14.1. The molecule has 4 rings (SSSR count). The number of carbonyl (C=O) groups is 1. The number of carbonyl (C=O) groups excluding carboxylic acids is 1. The van der Waals surface area contributed by atoms with E-state index in [0.29, 0.717) is 47.8 Å². The molecule has 28 heavy (non-hydrogen) atoms. The van der Waals surface area contributed by atoms with Crippen molar-refractivity contribution in [1.29, 1.82) is 0 Å². The molecule has 0 atom stereocenters. The van der Waals surface area contributed by atoms with Crippen LogP contribution in [0.1, 0.15) is 10.6 Å². The molecule has 2 aromatic carbocycles. The molecule has 1 aliphatic heterocycles. The maximum atomic E-state index is 12.8. The predicted octanol–water partition coefficient (Wildman–Crippen LogP) is 5.34. The molecule has 2 heterocycles. The van der Waals surface area contributed by atoms with Crippen molar-refractivity contribution in [2.45, 2.75) is 0 Å². The number of para-hydroxylation sites is 1. The lowest BCUT2D eigenvalue weighted by atomic mass is 10.2. The highest BCUT2D eigenvalue weighted by atomic mass is 35.5. The average Bonchev–Trinajstić information content (AvgIpc) is 3.19. The molecule has 1 aromatic heterocycles. The summed E-state index contributed by atoms with van der Waals surface area (Å²) in [5.74, 6) is 0.445. The van der Waals surface area contributed by atoms with Gasteiger partial charge in [0.15, 0.2) is 5.76 Å². The van der Waals surface area contributed by atoms with Crippen molar-refractivity contribution in [3.8, 4) is 11.3 Å². The molecule has 0 saturated carbocycles. The minimum Gasteiger partial charge on any atom is -0.451 e. The maximum Gasteiger partial charge on any atom is 0.291 e. The van der Waals surface area contributed by atoms with Crippen LogP contribution in [0.3, 0.4) is 0 Å². The number of nitrogens with one attached hydrogen (secondary N) is 1. The monoisotopic (exact) mass is 416 g/mol. The highest BCUT2D eigenvalue weighted by Gasteiger charge is 2.20. The minimum atomic E-state index is -0.343. The van der Waals surface area contributed by atoms with Gasteiger partial charge in [-0.1, -0.05) is 41.4 Å². The summed E-state index contributed by atoms with van der Waals surface area (Å²) in [4.78, 5) is 14.9. The smallest absolute Gasteiger partial charge is 0.291 e. The summed E-state index contributed by atoms with van der Waals surface area (Å²) in [5.41, 5.74) is 2.24. The van der Waals surface area contributed by atoms with Crippen molar-refractivity contribution in [2.24, 2.45) is 0 Å². The topological polar surface area (TPSA) is 54.7 Å². The van der Waals surface area contributed by atoms with Gasteiger partial charge in [0.25, 0.3) is 5.91 Å². The largest absolute Gasteiger partial charge is 0.451 e. The molecule has 1 aliphatic rings. The first-order valence-electron chi connectivity index (χ1n) is 8.90. The number of furan rings is 1. The Morgan fingerprint density at radius 1 is 1.00 bits per heavy atom. The van der Waals surface area contributed by atoms with E-state index in [1.807, 2.05) is 24.3 Å². The zero-order valence-corrected chi connectivity index (χ0v) is 16.5. The van der Waals surface area contributed by atoms with E-state index in [-0.39, 0.29) is 11.7 Å². The molecule has 1 fully saturated rings. The van der Waals surface area contributed by atoms with Gasteiger partial charge >= 0.3 is 0 Å². The van der Waals surface area contributed by atoms with Gasteiger partial charge in [0.1, 0.15) is 5.76 Å². The maximum absolute atomic E-state index is 12.8. The van der Waals surface area contributed by atoms with Crippen LogP contribution in [0.25, 0.3) is 11.3 Å². The third-order valence-electron chi connectivity index (χ3n) is 4.50. The van der Waals surface area contributed by atoms with Crippen LogP contribution in [0.15, 0.2) is 59.0 Å². The van der Waals surface area contributed by atoms with Crippen LogP contribution in [0, 0.1) is 0 Å². The Bertz CT molecular complexity index is 997. The fourth-order valence-electron chi connectivity index (χ4n) is 3.17. The van der Waals surface area contributed by atoms with Gasteiger partial charge in [-0.3, -0.25) is 4.79 Å². The van der Waals surface area contributed by atoms with Gasteiger partial charge in [0, 0.05) is 23.7 Å². The highest BCUT2D eigenvalue weighted by Crippen LogP contribution is 2.35. The third-order valence-corrected chi connectivity index (χ3v) is 5.04. The third kappa shape index (κ3) is 4.02. The second-order valence-electron chi connectivity index (χ2n) is 6.36. The van der Waals surface area contributed by atoms with E-state index >= 15 is 0 Å². The average molecular weight is 417 g/mol. The number of benzene rings is 2. The first-order valence-corrected chi connectivity index (χ1v) is 9.66. The Hall–Kier alpha value is -2.47. The summed E-state index contributed by atoms with van der Waals surface area (Å²) >= 11 is 12.5. The van der Waals surface area contributed by atoms with Gasteiger partial charge < -0.3 is 19.4 Å². The lowest BCUT2D eigenvalue weighted by Crippen LogP contribution is -2.37. The number of hydrogen-bond donors (Lipinski definition) is 1. The van der Waals surface area contributed by atoms with E-state index in [0.717, 1.165) is 11.3 Å². The van der Waals surface area contributed by atoms with E-state index in [1.54, 1.807) is 30.3 Å². The Morgan fingerprint density at radius 3 is 2.57 bits per heavy atom. The SMILES string of the molecule is O=C(Nc1cccc(Cl)c1N1CCOCC1)c1ccc(-c2cccc(Cl)c2)o1. The molecule has 1 saturated heterocycles. The lowest BCUT2D eigenvalue weighted by Gasteiger charge is -2.31. The van der Waals surface area contributed by atoms with E-state index in [2.05, 4.69) is 10.2 Å². The van der Waals surface area contributed by atoms with Crippen LogP contribution in [-0.2, 0) is 4.74 Å². The second kappa shape index (κ2) is 8.27. The molecule has 0 bridgehead atoms. The standard InChI is InChI=1S/C21H18Cl2N2O3/c22-15-4-1-3-14(13-15)18-7-8-19(28-18)21(26)24-17-6-2-5-16(23)20(17)25-9-11-27-12-10-25/h1-8,13H,9-12H2,(H,24,26). The molecule has 0 aliphatic carbocycles. The van der Waals surface area contributed by atoms with E-state index in [9.17, 15) is 4.79 Å². The molecule has 1 N–H and O–H groups in total. The second-order valence-corrected chi connectivity index (χ2v) is 7.21. The molecular formula is C21H18Cl2N2O3. The fraction of sp³-hybridized carbons (Fsp3) is 0.190. The number of hydrogen-bond acceptors (Lipinski definition) is 4. The number of morpholine rings is 1. The number of nitrogens with zero attached hydrogens (tertiary/aromatic N) is 1. The Morgan fingerprint density at radius 2 is 1.79 bits per heavy atom. The van der Waals surface area contributed by atoms with Gasteiger partial charge in [0.05, 0.1) is 29.6 Å². The van der Waals surface area contributed by atoms with Crippen LogP contribution in [0.4, 0.5) is 11.4 Å². The Balaban J connectivity index is 1.57. The molecular weight excluding hydrogens is 399 g/mol. The molecule has 7 heteroatoms. The summed E-state index contributed by atoms with van der Waals surface area (Å²) in [6, 6.07) is 16.1. The van der Waals surface area contributed by atoms with Crippen LogP contribution < -0.4 is 10.2 Å². The first kappa shape index (κ1) is 18.9. The Kier molecular flexibility index (Phi) is 5.57. The number of anilines is 2. The highest BCUT2D eigenvalue weighted by molar-refractivity contribution is 6.34. The van der Waals surface area contributed by atoms with E-state index < -0.39 is 0 Å². The zero-order valence-electron chi connectivity index (χ0n) is 15.0. The molecule has 1 amide bonds. The van der Waals surface area contributed by atoms with Crippen LogP contribution >= 0.6 is 23.2 Å². The summed E-state index contributed by atoms with van der Waals surface area (Å²) in [5, 5.41) is 4.10. The predicted molar refractivity (Wildman–Crippen MR) is 112 cm³/mol. The van der Waals surface area contributed by atoms with Crippen molar-refractivity contribution >= 4 is 40.5 Å². The molecule has 0 spiro atoms. The fourth-order valence-corrected chi connectivity index (χ4v) is 3.65. The van der Waals surface area contributed by atoms with Gasteiger partial charge in [-0.15, -0.1) is 0 Å². The number of rotatable bonds is 4. The molecule has 0 radical (unpaired) electrons. The van der Waals surface area contributed by atoms with Crippen molar-refractivity contribution in [3.05, 3.63) is 70.4 Å². The summed E-state index contributed by atoms with van der Waals surface area (Å²) in [6.45, 7) is 2.68. The van der Waals surface area contributed by atoms with Crippen molar-refractivity contribution in [3.63, 3.8) is 0 Å². The Labute approximate surface area is 172 Å². The van der Waals surface area contributed by atoms with Gasteiger partial charge in [-0.05, 0) is 36.4 Å². The quantitative estimate of drug-likeness (QED) is 0.623. The molecule has 5 nitrogen and oxygen atoms in total. The van der Waals surface area contributed by atoms with E-state index in [1.165, 1.54) is 0 Å². The molecule has 3 aromatic rings. The van der Waals surface area contributed by atoms with Gasteiger partial charge in [-0.2, -0.15) is 0 Å². The molecule has 144 valence electrons. The number of ether oxygens (including phenoxy) is 1.